The van der Waals surface area contributed by atoms with Gasteiger partial charge in [-0.2, -0.15) is 0 Å². The molecule has 6 nitrogen and oxygen atoms in total. The zero-order valence-corrected chi connectivity index (χ0v) is 52.7. The van der Waals surface area contributed by atoms with Crippen LogP contribution >= 0.6 is 0 Å². The summed E-state index contributed by atoms with van der Waals surface area (Å²) in [4.78, 5) is 0. The van der Waals surface area contributed by atoms with Gasteiger partial charge >= 0.3 is 0 Å². The first kappa shape index (κ1) is 53.2. The molecular formula is C92H53N3O3. The number of benzene rings is 16. The number of rotatable bonds is 7. The van der Waals surface area contributed by atoms with Gasteiger partial charge in [-0.15, -0.1) is 0 Å². The van der Waals surface area contributed by atoms with E-state index >= 15 is 0 Å². The number of fused-ring (bicyclic) bond motifs is 20. The molecule has 454 valence electrons. The number of nitrogens with zero attached hydrogens (tertiary/aromatic N) is 3. The van der Waals surface area contributed by atoms with Crippen LogP contribution in [0.3, 0.4) is 0 Å². The average Bonchev–Trinajstić information content (AvgIpc) is 1.54. The summed E-state index contributed by atoms with van der Waals surface area (Å²) in [5.74, 6) is 0. The number of hydrogen-bond acceptors (Lipinski definition) is 3. The van der Waals surface area contributed by atoms with Gasteiger partial charge in [-0.1, -0.05) is 182 Å². The Morgan fingerprint density at radius 1 is 0.173 bits per heavy atom. The molecule has 0 radical (unpaired) electrons. The highest BCUT2D eigenvalue weighted by Gasteiger charge is 2.23. The van der Waals surface area contributed by atoms with E-state index in [1.165, 1.54) is 43.1 Å². The first-order chi connectivity index (χ1) is 48.5. The average molecular weight is 1250 g/mol. The Hall–Kier alpha value is -13.2. The first-order valence-corrected chi connectivity index (χ1v) is 33.5. The molecule has 0 aliphatic carbocycles. The number of hydrogen-bond donors (Lipinski definition) is 0. The molecule has 0 aliphatic rings. The Bertz CT molecular complexity index is 7200. The largest absolute Gasteiger partial charge is 0.456 e. The highest BCUT2D eigenvalue weighted by atomic mass is 16.3. The molecular weight excluding hydrogens is 1200 g/mol. The van der Waals surface area contributed by atoms with Crippen LogP contribution in [0.15, 0.2) is 335 Å². The molecule has 16 aromatic carbocycles. The van der Waals surface area contributed by atoms with Gasteiger partial charge in [0.15, 0.2) is 0 Å². The van der Waals surface area contributed by atoms with Crippen LogP contribution < -0.4 is 0 Å². The molecule has 0 spiro atoms. The Kier molecular flexibility index (Phi) is 11.0. The van der Waals surface area contributed by atoms with E-state index in [9.17, 15) is 0 Å². The predicted molar refractivity (Wildman–Crippen MR) is 408 cm³/mol. The summed E-state index contributed by atoms with van der Waals surface area (Å²) in [5, 5.41) is 18.5. The molecule has 0 unspecified atom stereocenters. The maximum absolute atomic E-state index is 6.31. The smallest absolute Gasteiger partial charge is 0.135 e. The minimum absolute atomic E-state index is 0.889. The summed E-state index contributed by atoms with van der Waals surface area (Å²) in [6, 6.07) is 118. The summed E-state index contributed by atoms with van der Waals surface area (Å²) in [7, 11) is 0. The van der Waals surface area contributed by atoms with Crippen LogP contribution in [0.25, 0.3) is 214 Å². The van der Waals surface area contributed by atoms with E-state index in [-0.39, 0.29) is 0 Å². The standard InChI is InChI=1S/C92H53N3O3/c1-2-16-65-64(15-1)63(37-41-82(65)94-80-24-10-4-18-67(80)74-47-55(31-39-84(74)94)58-34-43-91-77(50-58)70-21-7-13-27-88(70)97-91)61-45-60-29-36-62(93-79-23-9-3-17-66(79)73-46-54(30-38-83(73)93)57-33-42-90-76(49-57)69-20-6-12-26-87(69)96-90)53-72(60)86(52-61)95-81-25-11-5-19-68(81)75-48-56(32-40-85(75)95)59-35-44-92-78(51-59)71-22-8-14-28-89(71)98-92/h1-53H. The van der Waals surface area contributed by atoms with Gasteiger partial charge in [-0.25, -0.2) is 0 Å². The summed E-state index contributed by atoms with van der Waals surface area (Å²) in [6.07, 6.45) is 0. The lowest BCUT2D eigenvalue weighted by Crippen LogP contribution is -2.00. The summed E-state index contributed by atoms with van der Waals surface area (Å²) < 4.78 is 26.3. The maximum Gasteiger partial charge on any atom is 0.135 e. The van der Waals surface area contributed by atoms with E-state index in [1.54, 1.807) is 0 Å². The minimum Gasteiger partial charge on any atom is -0.456 e. The second kappa shape index (κ2) is 20.2. The molecule has 0 saturated carbocycles. The Morgan fingerprint density at radius 3 is 0.990 bits per heavy atom. The highest BCUT2D eigenvalue weighted by molar-refractivity contribution is 6.17. The third-order valence-corrected chi connectivity index (χ3v) is 21.0. The lowest BCUT2D eigenvalue weighted by atomic mass is 9.94. The zero-order chi connectivity index (χ0) is 63.8. The number of furan rings is 3. The molecule has 98 heavy (non-hydrogen) atoms. The van der Waals surface area contributed by atoms with Crippen LogP contribution in [-0.4, -0.2) is 13.7 Å². The van der Waals surface area contributed by atoms with Gasteiger partial charge in [0.25, 0.3) is 0 Å². The van der Waals surface area contributed by atoms with Crippen molar-refractivity contribution in [1.29, 1.82) is 0 Å². The van der Waals surface area contributed by atoms with Crippen molar-refractivity contribution < 1.29 is 13.3 Å². The number of para-hydroxylation sites is 6. The van der Waals surface area contributed by atoms with Crippen molar-refractivity contribution in [1.82, 2.24) is 13.7 Å². The van der Waals surface area contributed by atoms with E-state index in [1.807, 2.05) is 36.4 Å². The molecule has 22 aromatic rings. The molecule has 6 heteroatoms. The fourth-order valence-electron chi connectivity index (χ4n) is 16.5. The fourth-order valence-corrected chi connectivity index (χ4v) is 16.5. The van der Waals surface area contributed by atoms with Crippen LogP contribution in [0.1, 0.15) is 0 Å². The molecule has 6 heterocycles. The molecule has 0 bridgehead atoms. The molecule has 0 saturated heterocycles. The van der Waals surface area contributed by atoms with Gasteiger partial charge in [0.05, 0.1) is 44.5 Å². The van der Waals surface area contributed by atoms with E-state index in [0.717, 1.165) is 171 Å². The molecule has 22 rings (SSSR count). The lowest BCUT2D eigenvalue weighted by molar-refractivity contribution is 0.668. The minimum atomic E-state index is 0.889. The summed E-state index contributed by atoms with van der Waals surface area (Å²) in [5.41, 5.74) is 24.8. The van der Waals surface area contributed by atoms with Crippen molar-refractivity contribution >= 4 is 153 Å². The second-order valence-corrected chi connectivity index (χ2v) is 26.3. The Labute approximate surface area is 559 Å². The van der Waals surface area contributed by atoms with E-state index in [4.69, 9.17) is 13.3 Å². The Balaban J connectivity index is 0.737. The van der Waals surface area contributed by atoms with E-state index in [0.29, 0.717) is 0 Å². The molecule has 0 amide bonds. The number of aromatic nitrogens is 3. The van der Waals surface area contributed by atoms with Crippen LogP contribution in [0.2, 0.25) is 0 Å². The topological polar surface area (TPSA) is 54.2 Å². The van der Waals surface area contributed by atoms with E-state index < -0.39 is 0 Å². The van der Waals surface area contributed by atoms with Gasteiger partial charge in [0.1, 0.15) is 33.5 Å². The zero-order valence-electron chi connectivity index (χ0n) is 52.7. The third-order valence-electron chi connectivity index (χ3n) is 21.0. The van der Waals surface area contributed by atoms with Crippen molar-refractivity contribution in [3.8, 4) is 61.6 Å². The summed E-state index contributed by atoms with van der Waals surface area (Å²) in [6.45, 7) is 0. The van der Waals surface area contributed by atoms with Gasteiger partial charge in [-0.3, -0.25) is 0 Å². The van der Waals surface area contributed by atoms with Crippen molar-refractivity contribution in [3.05, 3.63) is 322 Å². The monoisotopic (exact) mass is 1250 g/mol. The van der Waals surface area contributed by atoms with Crippen LogP contribution in [-0.2, 0) is 0 Å². The first-order valence-electron chi connectivity index (χ1n) is 33.5. The highest BCUT2D eigenvalue weighted by Crippen LogP contribution is 2.46. The van der Waals surface area contributed by atoms with Gasteiger partial charge in [0.2, 0.25) is 0 Å². The second-order valence-electron chi connectivity index (χ2n) is 26.3. The normalized spacial score (nSPS) is 12.3. The predicted octanol–water partition coefficient (Wildman–Crippen LogP) is 25.7. The Morgan fingerprint density at radius 2 is 0.520 bits per heavy atom. The lowest BCUT2D eigenvalue weighted by Gasteiger charge is -2.18. The van der Waals surface area contributed by atoms with Crippen molar-refractivity contribution in [3.63, 3.8) is 0 Å². The molecule has 0 fully saturated rings. The quantitative estimate of drug-likeness (QED) is 0.160. The van der Waals surface area contributed by atoms with Crippen LogP contribution in [0.4, 0.5) is 0 Å². The molecule has 6 aromatic heterocycles. The van der Waals surface area contributed by atoms with Crippen LogP contribution in [0.5, 0.6) is 0 Å². The van der Waals surface area contributed by atoms with Gasteiger partial charge in [-0.05, 0) is 195 Å². The van der Waals surface area contributed by atoms with Gasteiger partial charge < -0.3 is 27.0 Å². The summed E-state index contributed by atoms with van der Waals surface area (Å²) >= 11 is 0. The van der Waals surface area contributed by atoms with E-state index in [2.05, 4.69) is 299 Å². The SMILES string of the molecule is c1ccc2c(c1)oc1ccc(-c3ccc4c(c3)c3ccccc3n4-c3ccc4cc(-c5ccc(-n6c7ccccc7c7cc(-c8ccc9oc%10ccccc%10c9c8)ccc76)c6ccccc56)cc(-n5c6ccccc6c6cc(-c7ccc8oc9ccccc9c8c7)ccc65)c4c3)cc12. The molecule has 0 atom stereocenters. The maximum atomic E-state index is 6.31. The van der Waals surface area contributed by atoms with Crippen molar-refractivity contribution in [2.75, 3.05) is 0 Å². The van der Waals surface area contributed by atoms with Gasteiger partial charge in [0, 0.05) is 81.1 Å². The third kappa shape index (κ3) is 7.73. The van der Waals surface area contributed by atoms with Crippen molar-refractivity contribution in [2.24, 2.45) is 0 Å². The van der Waals surface area contributed by atoms with Crippen LogP contribution in [0, 0.1) is 0 Å². The molecule has 0 aliphatic heterocycles. The fraction of sp³-hybridized carbons (Fsp3) is 0. The van der Waals surface area contributed by atoms with Crippen molar-refractivity contribution in [2.45, 2.75) is 0 Å². The molecule has 0 N–H and O–H groups in total.